The number of fused-ring (bicyclic) bond motifs is 1. The van der Waals surface area contributed by atoms with Crippen LogP contribution in [-0.4, -0.2) is 37.6 Å². The van der Waals surface area contributed by atoms with Crippen LogP contribution in [0.25, 0.3) is 22.0 Å². The maximum atomic E-state index is 13.3. The fraction of sp³-hybridized carbons (Fsp3) is 0.0909. The van der Waals surface area contributed by atoms with Crippen LogP contribution >= 0.6 is 0 Å². The van der Waals surface area contributed by atoms with Crippen LogP contribution in [0, 0.1) is 0 Å². The third-order valence-electron chi connectivity index (χ3n) is 4.79. The lowest BCUT2D eigenvalue weighted by atomic mass is 10.0. The van der Waals surface area contributed by atoms with E-state index in [1.165, 1.54) is 31.8 Å². The van der Waals surface area contributed by atoms with E-state index in [1.807, 2.05) is 30.3 Å². The number of ether oxygens (including phenoxy) is 2. The number of rotatable bonds is 5. The summed E-state index contributed by atoms with van der Waals surface area (Å²) in [5.41, 5.74) is 2.21. The van der Waals surface area contributed by atoms with E-state index in [9.17, 15) is 13.2 Å². The molecule has 0 aliphatic heterocycles. The summed E-state index contributed by atoms with van der Waals surface area (Å²) in [7, 11) is -1.12. The Morgan fingerprint density at radius 3 is 2.37 bits per heavy atom. The fourth-order valence-electron chi connectivity index (χ4n) is 3.25. The van der Waals surface area contributed by atoms with Crippen molar-refractivity contribution >= 4 is 26.9 Å². The number of carbonyl (C=O) groups is 1. The topological polar surface area (TPSA) is 87.5 Å². The molecule has 0 bridgehead atoms. The zero-order valence-electron chi connectivity index (χ0n) is 16.3. The van der Waals surface area contributed by atoms with E-state index in [4.69, 9.17) is 9.47 Å². The Morgan fingerprint density at radius 2 is 1.73 bits per heavy atom. The van der Waals surface area contributed by atoms with Gasteiger partial charge in [-0.2, -0.15) is 0 Å². The molecule has 0 radical (unpaired) electrons. The summed E-state index contributed by atoms with van der Waals surface area (Å²) < 4.78 is 37.6. The molecule has 2 aromatic carbocycles. The molecule has 4 rings (SSSR count). The van der Waals surface area contributed by atoms with Crippen LogP contribution in [0.15, 0.2) is 78.1 Å². The molecule has 0 amide bonds. The Kier molecular flexibility index (Phi) is 5.01. The number of aromatic nitrogens is 2. The van der Waals surface area contributed by atoms with Gasteiger partial charge in [0, 0.05) is 24.0 Å². The third kappa shape index (κ3) is 3.31. The molecular weight excluding hydrogens is 404 g/mol. The number of methoxy groups -OCH3 is 2. The first-order valence-corrected chi connectivity index (χ1v) is 10.4. The van der Waals surface area contributed by atoms with Crippen molar-refractivity contribution in [1.29, 1.82) is 0 Å². The minimum absolute atomic E-state index is 0.0215. The lowest BCUT2D eigenvalue weighted by Gasteiger charge is -2.09. The molecule has 4 aromatic rings. The second kappa shape index (κ2) is 7.64. The normalized spacial score (nSPS) is 11.4. The standard InChI is InChI=1S/C22H18N2O5S/c1-28-17-8-5-15(6-9-17)16-7-10-19-20(22(25)29-2)14-24(21(19)12-16)30(26,27)18-4-3-11-23-13-18/h3-14H,1-2H3. The van der Waals surface area contributed by atoms with Crippen LogP contribution < -0.4 is 4.74 Å². The lowest BCUT2D eigenvalue weighted by molar-refractivity contribution is 0.0603. The molecular formula is C22H18N2O5S. The molecule has 8 heteroatoms. The molecule has 30 heavy (non-hydrogen) atoms. The smallest absolute Gasteiger partial charge is 0.340 e. The van der Waals surface area contributed by atoms with E-state index in [0.717, 1.165) is 20.8 Å². The molecule has 0 unspecified atom stereocenters. The molecule has 0 saturated carbocycles. The van der Waals surface area contributed by atoms with Crippen molar-refractivity contribution in [1.82, 2.24) is 8.96 Å². The van der Waals surface area contributed by atoms with E-state index in [2.05, 4.69) is 4.98 Å². The van der Waals surface area contributed by atoms with E-state index in [-0.39, 0.29) is 10.5 Å². The van der Waals surface area contributed by atoms with Crippen molar-refractivity contribution < 1.29 is 22.7 Å². The van der Waals surface area contributed by atoms with Crippen molar-refractivity contribution in [2.24, 2.45) is 0 Å². The molecule has 0 fully saturated rings. The van der Waals surface area contributed by atoms with Crippen molar-refractivity contribution in [2.45, 2.75) is 4.90 Å². The van der Waals surface area contributed by atoms with Gasteiger partial charge in [-0.05, 0) is 41.5 Å². The SMILES string of the molecule is COC(=O)c1cn(S(=O)(=O)c2cccnc2)c2cc(-c3ccc(OC)cc3)ccc12. The Balaban J connectivity index is 1.95. The lowest BCUT2D eigenvalue weighted by Crippen LogP contribution is -2.12. The van der Waals surface area contributed by atoms with Gasteiger partial charge in [0.2, 0.25) is 0 Å². The predicted molar refractivity (Wildman–Crippen MR) is 112 cm³/mol. The Hall–Kier alpha value is -3.65. The highest BCUT2D eigenvalue weighted by molar-refractivity contribution is 7.90. The van der Waals surface area contributed by atoms with Gasteiger partial charge in [0.25, 0.3) is 10.0 Å². The third-order valence-corrected chi connectivity index (χ3v) is 6.45. The summed E-state index contributed by atoms with van der Waals surface area (Å²) >= 11 is 0. The average molecular weight is 422 g/mol. The molecule has 152 valence electrons. The van der Waals surface area contributed by atoms with Crippen molar-refractivity contribution in [3.63, 3.8) is 0 Å². The van der Waals surface area contributed by atoms with Crippen LogP contribution in [0.4, 0.5) is 0 Å². The molecule has 0 atom stereocenters. The summed E-state index contributed by atoms with van der Waals surface area (Å²) in [6, 6.07) is 15.7. The van der Waals surface area contributed by atoms with Gasteiger partial charge in [-0.25, -0.2) is 17.2 Å². The first-order valence-electron chi connectivity index (χ1n) is 8.99. The van der Waals surface area contributed by atoms with Crippen molar-refractivity contribution in [3.05, 3.63) is 78.8 Å². The van der Waals surface area contributed by atoms with Crippen LogP contribution in [0.5, 0.6) is 5.75 Å². The van der Waals surface area contributed by atoms with Crippen LogP contribution in [0.1, 0.15) is 10.4 Å². The molecule has 0 aliphatic rings. The number of esters is 1. The highest BCUT2D eigenvalue weighted by Crippen LogP contribution is 2.31. The maximum Gasteiger partial charge on any atom is 0.340 e. The minimum atomic E-state index is -3.97. The number of hydrogen-bond acceptors (Lipinski definition) is 6. The molecule has 7 nitrogen and oxygen atoms in total. The van der Waals surface area contributed by atoms with Gasteiger partial charge in [0.05, 0.1) is 25.3 Å². The monoisotopic (exact) mass is 422 g/mol. The van der Waals surface area contributed by atoms with Gasteiger partial charge in [0.1, 0.15) is 10.6 Å². The van der Waals surface area contributed by atoms with Crippen LogP contribution in [0.2, 0.25) is 0 Å². The quantitative estimate of drug-likeness (QED) is 0.456. The average Bonchev–Trinajstić information content (AvgIpc) is 3.19. The first-order chi connectivity index (χ1) is 14.5. The molecule has 0 aliphatic carbocycles. The van der Waals surface area contributed by atoms with Crippen molar-refractivity contribution in [3.8, 4) is 16.9 Å². The van der Waals surface area contributed by atoms with Gasteiger partial charge < -0.3 is 9.47 Å². The summed E-state index contributed by atoms with van der Waals surface area (Å²) in [4.78, 5) is 16.2. The van der Waals surface area contributed by atoms with Gasteiger partial charge >= 0.3 is 5.97 Å². The highest BCUT2D eigenvalue weighted by atomic mass is 32.2. The molecule has 0 saturated heterocycles. The largest absolute Gasteiger partial charge is 0.497 e. The van der Waals surface area contributed by atoms with E-state index in [1.54, 1.807) is 25.3 Å². The number of benzene rings is 2. The zero-order chi connectivity index (χ0) is 21.3. The van der Waals surface area contributed by atoms with E-state index >= 15 is 0 Å². The van der Waals surface area contributed by atoms with Crippen molar-refractivity contribution in [2.75, 3.05) is 14.2 Å². The van der Waals surface area contributed by atoms with Gasteiger partial charge in [-0.15, -0.1) is 0 Å². The van der Waals surface area contributed by atoms with Crippen LogP contribution in [0.3, 0.4) is 0 Å². The number of carbonyl (C=O) groups excluding carboxylic acids is 1. The first kappa shape index (κ1) is 19.7. The highest BCUT2D eigenvalue weighted by Gasteiger charge is 2.24. The Morgan fingerprint density at radius 1 is 1.00 bits per heavy atom. The van der Waals surface area contributed by atoms with Gasteiger partial charge in [-0.1, -0.05) is 24.3 Å². The maximum absolute atomic E-state index is 13.3. The molecule has 0 N–H and O–H groups in total. The van der Waals surface area contributed by atoms with Crippen LogP contribution in [-0.2, 0) is 14.8 Å². The molecule has 2 aromatic heterocycles. The Bertz CT molecular complexity index is 1330. The Labute approximate surface area is 173 Å². The summed E-state index contributed by atoms with van der Waals surface area (Å²) in [6.07, 6.45) is 4.05. The summed E-state index contributed by atoms with van der Waals surface area (Å²) in [6.45, 7) is 0. The number of hydrogen-bond donors (Lipinski definition) is 0. The molecule has 0 spiro atoms. The number of nitrogens with zero attached hydrogens (tertiary/aromatic N) is 2. The second-order valence-electron chi connectivity index (χ2n) is 6.48. The van der Waals surface area contributed by atoms with E-state index < -0.39 is 16.0 Å². The number of pyridine rings is 1. The van der Waals surface area contributed by atoms with Gasteiger partial charge in [-0.3, -0.25) is 4.98 Å². The summed E-state index contributed by atoms with van der Waals surface area (Å²) in [5.74, 6) is 0.104. The van der Waals surface area contributed by atoms with Gasteiger partial charge in [0.15, 0.2) is 0 Å². The van der Waals surface area contributed by atoms with E-state index in [0.29, 0.717) is 10.9 Å². The summed E-state index contributed by atoms with van der Waals surface area (Å²) in [5, 5.41) is 0.478. The second-order valence-corrected chi connectivity index (χ2v) is 8.30. The molecule has 2 heterocycles. The fourth-order valence-corrected chi connectivity index (χ4v) is 4.57. The zero-order valence-corrected chi connectivity index (χ0v) is 17.1. The minimum Gasteiger partial charge on any atom is -0.497 e. The predicted octanol–water partition coefficient (Wildman–Crippen LogP) is 3.74.